The average molecular weight is 550 g/mol. The molecule has 0 radical (unpaired) electrons. The third-order valence-corrected chi connectivity index (χ3v) is 7.33. The fourth-order valence-corrected chi connectivity index (χ4v) is 5.64. The summed E-state index contributed by atoms with van der Waals surface area (Å²) in [6.07, 6.45) is 1.67. The van der Waals surface area contributed by atoms with Crippen LogP contribution in [0.1, 0.15) is 25.3 Å². The molecule has 1 aromatic carbocycles. The van der Waals surface area contributed by atoms with Gasteiger partial charge >= 0.3 is 0 Å². The molecule has 1 atom stereocenters. The van der Waals surface area contributed by atoms with Crippen LogP contribution in [0.15, 0.2) is 29.3 Å². The Bertz CT molecular complexity index is 794. The number of rotatable bonds is 7. The van der Waals surface area contributed by atoms with Crippen molar-refractivity contribution in [2.24, 2.45) is 4.99 Å². The zero-order chi connectivity index (χ0) is 20.7. The zero-order valence-electron chi connectivity index (χ0n) is 18.1. The van der Waals surface area contributed by atoms with Crippen LogP contribution in [-0.4, -0.2) is 82.6 Å². The van der Waals surface area contributed by atoms with Crippen molar-refractivity contribution in [1.82, 2.24) is 15.5 Å². The fourth-order valence-electron chi connectivity index (χ4n) is 3.96. The summed E-state index contributed by atoms with van der Waals surface area (Å²) in [6, 6.07) is 8.71. The number of piperazine rings is 1. The van der Waals surface area contributed by atoms with Crippen molar-refractivity contribution in [3.8, 4) is 0 Å². The first-order chi connectivity index (χ1) is 13.9. The van der Waals surface area contributed by atoms with Crippen LogP contribution >= 0.6 is 24.0 Å². The maximum Gasteiger partial charge on any atom is 0.191 e. The molecule has 3 rings (SSSR count). The number of sulfone groups is 1. The standard InChI is InChI=1S/C21H35N5O2S.HI/c1-3-22-21(24-19-8-15-29(27,28)17-19)23-9-5-10-25-11-13-26(14-12-25)20-7-4-6-18(2)16-20;/h4,6-7,16,19H,3,5,8-15,17H2,1-2H3,(H2,22,23,24);1H. The van der Waals surface area contributed by atoms with Gasteiger partial charge in [0, 0.05) is 57.5 Å². The molecule has 2 aliphatic heterocycles. The van der Waals surface area contributed by atoms with Crippen LogP contribution in [0.25, 0.3) is 0 Å². The molecule has 0 saturated carbocycles. The Morgan fingerprint density at radius 2 is 2.00 bits per heavy atom. The lowest BCUT2D eigenvalue weighted by Crippen LogP contribution is -2.47. The van der Waals surface area contributed by atoms with Gasteiger partial charge in [0.2, 0.25) is 0 Å². The lowest BCUT2D eigenvalue weighted by atomic mass is 10.2. The van der Waals surface area contributed by atoms with Gasteiger partial charge in [0.05, 0.1) is 11.5 Å². The summed E-state index contributed by atoms with van der Waals surface area (Å²) in [5.41, 5.74) is 2.63. The van der Waals surface area contributed by atoms with E-state index < -0.39 is 9.84 Å². The molecular formula is C21H36IN5O2S. The van der Waals surface area contributed by atoms with Gasteiger partial charge in [-0.15, -0.1) is 24.0 Å². The van der Waals surface area contributed by atoms with Gasteiger partial charge in [0.15, 0.2) is 15.8 Å². The van der Waals surface area contributed by atoms with Gasteiger partial charge in [-0.2, -0.15) is 0 Å². The van der Waals surface area contributed by atoms with Crippen LogP contribution in [0, 0.1) is 6.92 Å². The van der Waals surface area contributed by atoms with Crippen LogP contribution in [0.4, 0.5) is 5.69 Å². The molecule has 0 bridgehead atoms. The summed E-state index contributed by atoms with van der Waals surface area (Å²) in [5, 5.41) is 6.51. The molecule has 30 heavy (non-hydrogen) atoms. The minimum atomic E-state index is -2.88. The van der Waals surface area contributed by atoms with Gasteiger partial charge in [0.25, 0.3) is 0 Å². The molecule has 0 spiro atoms. The number of hydrogen-bond donors (Lipinski definition) is 2. The van der Waals surface area contributed by atoms with E-state index in [0.717, 1.165) is 58.2 Å². The monoisotopic (exact) mass is 549 g/mol. The molecule has 2 fully saturated rings. The lowest BCUT2D eigenvalue weighted by molar-refractivity contribution is 0.256. The number of aryl methyl sites for hydroxylation is 1. The molecule has 2 aliphatic rings. The van der Waals surface area contributed by atoms with E-state index in [9.17, 15) is 8.42 Å². The smallest absolute Gasteiger partial charge is 0.191 e. The topological polar surface area (TPSA) is 77.0 Å². The Balaban J connectivity index is 0.00000320. The van der Waals surface area contributed by atoms with E-state index in [1.165, 1.54) is 11.3 Å². The maximum atomic E-state index is 11.6. The normalized spacial score (nSPS) is 21.9. The highest BCUT2D eigenvalue weighted by Crippen LogP contribution is 2.17. The van der Waals surface area contributed by atoms with Crippen molar-refractivity contribution in [1.29, 1.82) is 0 Å². The van der Waals surface area contributed by atoms with E-state index in [2.05, 4.69) is 56.6 Å². The third-order valence-electron chi connectivity index (χ3n) is 5.56. The summed E-state index contributed by atoms with van der Waals surface area (Å²) in [7, 11) is -2.88. The highest BCUT2D eigenvalue weighted by Gasteiger charge is 2.28. The van der Waals surface area contributed by atoms with E-state index >= 15 is 0 Å². The second-order valence-electron chi connectivity index (χ2n) is 8.03. The van der Waals surface area contributed by atoms with Gasteiger partial charge < -0.3 is 15.5 Å². The van der Waals surface area contributed by atoms with Gasteiger partial charge in [0.1, 0.15) is 0 Å². The van der Waals surface area contributed by atoms with E-state index in [-0.39, 0.29) is 41.5 Å². The molecule has 170 valence electrons. The number of guanidine groups is 1. The molecule has 1 unspecified atom stereocenters. The number of halogens is 1. The fraction of sp³-hybridized carbons (Fsp3) is 0.667. The highest BCUT2D eigenvalue weighted by atomic mass is 127. The van der Waals surface area contributed by atoms with Crippen molar-refractivity contribution in [3.05, 3.63) is 29.8 Å². The van der Waals surface area contributed by atoms with E-state index in [0.29, 0.717) is 6.42 Å². The molecule has 2 saturated heterocycles. The Hall–Kier alpha value is -1.07. The largest absolute Gasteiger partial charge is 0.369 e. The number of hydrogen-bond acceptors (Lipinski definition) is 5. The van der Waals surface area contributed by atoms with Crippen LogP contribution in [0.5, 0.6) is 0 Å². The number of nitrogens with zero attached hydrogens (tertiary/aromatic N) is 3. The van der Waals surface area contributed by atoms with Crippen molar-refractivity contribution in [2.75, 3.05) is 62.2 Å². The molecule has 9 heteroatoms. The Morgan fingerprint density at radius 1 is 1.23 bits per heavy atom. The van der Waals surface area contributed by atoms with E-state index in [1.807, 2.05) is 6.92 Å². The van der Waals surface area contributed by atoms with Gasteiger partial charge in [-0.3, -0.25) is 9.89 Å². The maximum absolute atomic E-state index is 11.6. The first kappa shape index (κ1) is 25.2. The summed E-state index contributed by atoms with van der Waals surface area (Å²) in [6.45, 7) is 11.0. The number of nitrogens with one attached hydrogen (secondary N) is 2. The second-order valence-corrected chi connectivity index (χ2v) is 10.3. The molecule has 0 aromatic heterocycles. The zero-order valence-corrected chi connectivity index (χ0v) is 21.3. The Morgan fingerprint density at radius 3 is 2.63 bits per heavy atom. The molecule has 2 N–H and O–H groups in total. The summed E-state index contributed by atoms with van der Waals surface area (Å²) < 4.78 is 23.3. The Labute approximate surface area is 198 Å². The second kappa shape index (κ2) is 12.1. The third kappa shape index (κ3) is 7.88. The van der Waals surface area contributed by atoms with Crippen LogP contribution in [0.3, 0.4) is 0 Å². The van der Waals surface area contributed by atoms with Gasteiger partial charge in [-0.05, 0) is 44.4 Å². The van der Waals surface area contributed by atoms with Crippen molar-refractivity contribution < 1.29 is 8.42 Å². The minimum absolute atomic E-state index is 0. The van der Waals surface area contributed by atoms with Crippen LogP contribution in [-0.2, 0) is 9.84 Å². The van der Waals surface area contributed by atoms with Crippen molar-refractivity contribution >= 4 is 45.5 Å². The summed E-state index contributed by atoms with van der Waals surface area (Å²) in [4.78, 5) is 9.61. The quantitative estimate of drug-likeness (QED) is 0.234. The van der Waals surface area contributed by atoms with Crippen LogP contribution in [0.2, 0.25) is 0 Å². The molecule has 7 nitrogen and oxygen atoms in total. The summed E-state index contributed by atoms with van der Waals surface area (Å²) in [5.74, 6) is 1.22. The number of anilines is 1. The molecule has 0 amide bonds. The van der Waals surface area contributed by atoms with Crippen molar-refractivity contribution in [2.45, 2.75) is 32.7 Å². The van der Waals surface area contributed by atoms with Gasteiger partial charge in [-0.1, -0.05) is 12.1 Å². The highest BCUT2D eigenvalue weighted by molar-refractivity contribution is 14.0. The van der Waals surface area contributed by atoms with Crippen molar-refractivity contribution in [3.63, 3.8) is 0 Å². The van der Waals surface area contributed by atoms with Gasteiger partial charge in [-0.25, -0.2) is 8.42 Å². The number of aliphatic imine (C=N–C) groups is 1. The predicted octanol–water partition coefficient (Wildman–Crippen LogP) is 1.87. The first-order valence-electron chi connectivity index (χ1n) is 10.7. The van der Waals surface area contributed by atoms with E-state index in [4.69, 9.17) is 0 Å². The lowest BCUT2D eigenvalue weighted by Gasteiger charge is -2.36. The minimum Gasteiger partial charge on any atom is -0.369 e. The van der Waals surface area contributed by atoms with Crippen LogP contribution < -0.4 is 15.5 Å². The molecule has 0 aliphatic carbocycles. The summed E-state index contributed by atoms with van der Waals surface area (Å²) >= 11 is 0. The predicted molar refractivity (Wildman–Crippen MR) is 136 cm³/mol. The molecular weight excluding hydrogens is 513 g/mol. The first-order valence-corrected chi connectivity index (χ1v) is 12.6. The molecule has 2 heterocycles. The SMILES string of the molecule is CCNC(=NCCCN1CCN(c2cccc(C)c2)CC1)NC1CCS(=O)(=O)C1.I. The average Bonchev–Trinajstić information content (AvgIpc) is 3.04. The molecule has 1 aromatic rings. The van der Waals surface area contributed by atoms with E-state index in [1.54, 1.807) is 0 Å². The Kier molecular flexibility index (Phi) is 10.2. The number of benzene rings is 1.